The minimum absolute atomic E-state index is 0.197. The zero-order valence-corrected chi connectivity index (χ0v) is 10.7. The second-order valence-corrected chi connectivity index (χ2v) is 4.40. The molecule has 0 aliphatic carbocycles. The van der Waals surface area contributed by atoms with Crippen LogP contribution in [0.4, 0.5) is 4.79 Å². The van der Waals surface area contributed by atoms with Crippen LogP contribution in [0.3, 0.4) is 0 Å². The van der Waals surface area contributed by atoms with Gasteiger partial charge < -0.3 is 14.4 Å². The molecular formula is C11H21NO4. The van der Waals surface area contributed by atoms with E-state index in [2.05, 4.69) is 0 Å². The zero-order chi connectivity index (χ0) is 12.8. The molecule has 94 valence electrons. The number of likely N-dealkylation sites (N-methyl/N-ethyl adjacent to an activating group) is 1. The molecule has 0 saturated heterocycles. The van der Waals surface area contributed by atoms with Crippen molar-refractivity contribution in [2.24, 2.45) is 0 Å². The summed E-state index contributed by atoms with van der Waals surface area (Å²) in [6.45, 7) is 9.69. The fourth-order valence-electron chi connectivity index (χ4n) is 1.00. The van der Waals surface area contributed by atoms with Crippen molar-refractivity contribution >= 4 is 12.1 Å². The second kappa shape index (κ2) is 6.35. The van der Waals surface area contributed by atoms with Gasteiger partial charge in [-0.05, 0) is 27.7 Å². The van der Waals surface area contributed by atoms with E-state index in [0.29, 0.717) is 13.1 Å². The minimum Gasteiger partial charge on any atom is -0.464 e. The van der Waals surface area contributed by atoms with Crippen LogP contribution in [0.2, 0.25) is 0 Å². The van der Waals surface area contributed by atoms with E-state index in [1.807, 2.05) is 27.7 Å². The molecule has 0 heterocycles. The molecule has 0 aliphatic heterocycles. The third kappa shape index (κ3) is 7.09. The number of esters is 1. The zero-order valence-electron chi connectivity index (χ0n) is 10.7. The standard InChI is InChI=1S/C11H21NO4/c1-6-12(7-8-15-9(2)13)10(14)16-11(3,4)5/h6-8H2,1-5H3. The molecule has 0 rings (SSSR count). The molecule has 0 aromatic rings. The molecule has 0 radical (unpaired) electrons. The van der Waals surface area contributed by atoms with Crippen molar-refractivity contribution in [3.05, 3.63) is 0 Å². The summed E-state index contributed by atoms with van der Waals surface area (Å²) >= 11 is 0. The van der Waals surface area contributed by atoms with Gasteiger partial charge in [-0.1, -0.05) is 0 Å². The van der Waals surface area contributed by atoms with Crippen LogP contribution in [0.15, 0.2) is 0 Å². The number of hydrogen-bond donors (Lipinski definition) is 0. The number of hydrogen-bond acceptors (Lipinski definition) is 4. The van der Waals surface area contributed by atoms with Crippen LogP contribution in [-0.2, 0) is 14.3 Å². The van der Waals surface area contributed by atoms with Crippen LogP contribution in [0.25, 0.3) is 0 Å². The Morgan fingerprint density at radius 3 is 2.19 bits per heavy atom. The SMILES string of the molecule is CCN(CCOC(C)=O)C(=O)OC(C)(C)C. The number of ether oxygens (including phenoxy) is 2. The summed E-state index contributed by atoms with van der Waals surface area (Å²) in [6, 6.07) is 0. The molecule has 0 spiro atoms. The van der Waals surface area contributed by atoms with E-state index >= 15 is 0 Å². The van der Waals surface area contributed by atoms with E-state index in [-0.39, 0.29) is 18.7 Å². The van der Waals surface area contributed by atoms with Gasteiger partial charge >= 0.3 is 12.1 Å². The average Bonchev–Trinajstić information content (AvgIpc) is 2.08. The highest BCUT2D eigenvalue weighted by Gasteiger charge is 2.20. The normalized spacial score (nSPS) is 10.8. The Bertz CT molecular complexity index is 245. The lowest BCUT2D eigenvalue weighted by molar-refractivity contribution is -0.141. The predicted molar refractivity (Wildman–Crippen MR) is 60.1 cm³/mol. The van der Waals surface area contributed by atoms with Crippen LogP contribution < -0.4 is 0 Å². The number of carbonyl (C=O) groups excluding carboxylic acids is 2. The lowest BCUT2D eigenvalue weighted by Gasteiger charge is -2.26. The van der Waals surface area contributed by atoms with Gasteiger partial charge in [0, 0.05) is 13.5 Å². The summed E-state index contributed by atoms with van der Waals surface area (Å²) in [5, 5.41) is 0. The van der Waals surface area contributed by atoms with Crippen molar-refractivity contribution in [1.82, 2.24) is 4.90 Å². The molecule has 0 aromatic carbocycles. The molecule has 0 N–H and O–H groups in total. The van der Waals surface area contributed by atoms with Crippen molar-refractivity contribution in [1.29, 1.82) is 0 Å². The average molecular weight is 231 g/mol. The van der Waals surface area contributed by atoms with Crippen molar-refractivity contribution in [3.8, 4) is 0 Å². The number of nitrogens with zero attached hydrogens (tertiary/aromatic N) is 1. The van der Waals surface area contributed by atoms with Gasteiger partial charge in [-0.3, -0.25) is 4.79 Å². The Balaban J connectivity index is 4.07. The summed E-state index contributed by atoms with van der Waals surface area (Å²) in [5.74, 6) is -0.347. The smallest absolute Gasteiger partial charge is 0.410 e. The fourth-order valence-corrected chi connectivity index (χ4v) is 1.00. The molecule has 0 aromatic heterocycles. The topological polar surface area (TPSA) is 55.8 Å². The maximum Gasteiger partial charge on any atom is 0.410 e. The Morgan fingerprint density at radius 2 is 1.81 bits per heavy atom. The Morgan fingerprint density at radius 1 is 1.25 bits per heavy atom. The van der Waals surface area contributed by atoms with Crippen LogP contribution in [-0.4, -0.2) is 42.3 Å². The first-order valence-corrected chi connectivity index (χ1v) is 5.37. The van der Waals surface area contributed by atoms with Crippen LogP contribution in [0.1, 0.15) is 34.6 Å². The van der Waals surface area contributed by atoms with Crippen molar-refractivity contribution in [2.75, 3.05) is 19.7 Å². The highest BCUT2D eigenvalue weighted by Crippen LogP contribution is 2.09. The first kappa shape index (κ1) is 14.7. The van der Waals surface area contributed by atoms with E-state index in [9.17, 15) is 9.59 Å². The van der Waals surface area contributed by atoms with Gasteiger partial charge in [-0.25, -0.2) is 4.79 Å². The monoisotopic (exact) mass is 231 g/mol. The highest BCUT2D eigenvalue weighted by atomic mass is 16.6. The van der Waals surface area contributed by atoms with Crippen molar-refractivity contribution in [3.63, 3.8) is 0 Å². The van der Waals surface area contributed by atoms with Gasteiger partial charge in [-0.2, -0.15) is 0 Å². The Kier molecular flexibility index (Phi) is 5.85. The van der Waals surface area contributed by atoms with Gasteiger partial charge in [0.25, 0.3) is 0 Å². The Hall–Kier alpha value is -1.26. The third-order valence-electron chi connectivity index (χ3n) is 1.70. The largest absolute Gasteiger partial charge is 0.464 e. The molecule has 5 nitrogen and oxygen atoms in total. The maximum atomic E-state index is 11.6. The predicted octanol–water partition coefficient (Wildman–Crippen LogP) is 1.81. The highest BCUT2D eigenvalue weighted by molar-refractivity contribution is 5.68. The van der Waals surface area contributed by atoms with Crippen LogP contribution >= 0.6 is 0 Å². The molecule has 0 atom stereocenters. The number of rotatable bonds is 4. The third-order valence-corrected chi connectivity index (χ3v) is 1.70. The minimum atomic E-state index is -0.508. The molecular weight excluding hydrogens is 210 g/mol. The van der Waals surface area contributed by atoms with E-state index in [0.717, 1.165) is 0 Å². The van der Waals surface area contributed by atoms with Crippen molar-refractivity contribution in [2.45, 2.75) is 40.2 Å². The Labute approximate surface area is 96.7 Å². The van der Waals surface area contributed by atoms with E-state index < -0.39 is 5.60 Å². The first-order valence-electron chi connectivity index (χ1n) is 5.37. The van der Waals surface area contributed by atoms with Gasteiger partial charge in [0.05, 0.1) is 6.54 Å². The number of amides is 1. The second-order valence-electron chi connectivity index (χ2n) is 4.40. The maximum absolute atomic E-state index is 11.6. The molecule has 16 heavy (non-hydrogen) atoms. The summed E-state index contributed by atoms with van der Waals surface area (Å²) in [6.07, 6.45) is -0.387. The molecule has 0 bridgehead atoms. The molecule has 5 heteroatoms. The molecule has 0 fully saturated rings. The first-order chi connectivity index (χ1) is 7.26. The van der Waals surface area contributed by atoms with Gasteiger partial charge in [0.1, 0.15) is 12.2 Å². The van der Waals surface area contributed by atoms with E-state index in [1.54, 1.807) is 0 Å². The van der Waals surface area contributed by atoms with E-state index in [1.165, 1.54) is 11.8 Å². The lowest BCUT2D eigenvalue weighted by Crippen LogP contribution is -2.38. The van der Waals surface area contributed by atoms with Crippen LogP contribution in [0, 0.1) is 0 Å². The number of carbonyl (C=O) groups is 2. The van der Waals surface area contributed by atoms with Gasteiger partial charge in [0.15, 0.2) is 0 Å². The molecule has 1 amide bonds. The quantitative estimate of drug-likeness (QED) is 0.692. The fraction of sp³-hybridized carbons (Fsp3) is 0.818. The summed E-state index contributed by atoms with van der Waals surface area (Å²) < 4.78 is 9.96. The van der Waals surface area contributed by atoms with Crippen molar-refractivity contribution < 1.29 is 19.1 Å². The van der Waals surface area contributed by atoms with Gasteiger partial charge in [0.2, 0.25) is 0 Å². The molecule has 0 unspecified atom stereocenters. The van der Waals surface area contributed by atoms with Gasteiger partial charge in [-0.15, -0.1) is 0 Å². The van der Waals surface area contributed by atoms with E-state index in [4.69, 9.17) is 9.47 Å². The lowest BCUT2D eigenvalue weighted by atomic mass is 10.2. The molecule has 0 aliphatic rings. The summed E-state index contributed by atoms with van der Waals surface area (Å²) in [7, 11) is 0. The summed E-state index contributed by atoms with van der Waals surface area (Å²) in [5.41, 5.74) is -0.508. The van der Waals surface area contributed by atoms with Crippen LogP contribution in [0.5, 0.6) is 0 Å². The molecule has 0 saturated carbocycles. The summed E-state index contributed by atoms with van der Waals surface area (Å²) in [4.78, 5) is 23.7.